The standard InChI is InChI=1S/C11H21NO4/c1-11(2,3)12-10(16)6-4-5-7(13)9(15)8(6)14/h6-9,13-15H,4-5H2,1-3H3,(H,12,16)/t6-,7-,8+,9+/m0/s1. The minimum atomic E-state index is -1.23. The van der Waals surface area contributed by atoms with E-state index < -0.39 is 24.2 Å². The number of amides is 1. The number of hydrogen-bond acceptors (Lipinski definition) is 4. The van der Waals surface area contributed by atoms with Crippen LogP contribution >= 0.6 is 0 Å². The third kappa shape index (κ3) is 3.17. The molecule has 0 saturated heterocycles. The van der Waals surface area contributed by atoms with Crippen molar-refractivity contribution in [1.82, 2.24) is 5.32 Å². The van der Waals surface area contributed by atoms with Crippen LogP contribution in [-0.4, -0.2) is 45.1 Å². The molecule has 0 spiro atoms. The summed E-state index contributed by atoms with van der Waals surface area (Å²) in [5, 5.41) is 31.3. The average Bonchev–Trinajstić information content (AvgIpc) is 2.11. The molecule has 0 aromatic heterocycles. The van der Waals surface area contributed by atoms with Gasteiger partial charge in [0.15, 0.2) is 0 Å². The van der Waals surface area contributed by atoms with Crippen LogP contribution in [0.1, 0.15) is 33.6 Å². The molecule has 5 heteroatoms. The van der Waals surface area contributed by atoms with Gasteiger partial charge in [0.1, 0.15) is 6.10 Å². The molecule has 1 amide bonds. The number of hydrogen-bond donors (Lipinski definition) is 4. The van der Waals surface area contributed by atoms with E-state index in [0.29, 0.717) is 12.8 Å². The Hall–Kier alpha value is -0.650. The largest absolute Gasteiger partial charge is 0.390 e. The number of nitrogens with one attached hydrogen (secondary N) is 1. The van der Waals surface area contributed by atoms with E-state index in [2.05, 4.69) is 5.32 Å². The van der Waals surface area contributed by atoms with Gasteiger partial charge in [-0.1, -0.05) is 0 Å². The van der Waals surface area contributed by atoms with Gasteiger partial charge >= 0.3 is 0 Å². The van der Waals surface area contributed by atoms with Crippen LogP contribution in [0.4, 0.5) is 0 Å². The Balaban J connectivity index is 2.64. The van der Waals surface area contributed by atoms with Crippen molar-refractivity contribution in [3.8, 4) is 0 Å². The zero-order chi connectivity index (χ0) is 12.5. The lowest BCUT2D eigenvalue weighted by molar-refractivity contribution is -0.146. The van der Waals surface area contributed by atoms with Gasteiger partial charge in [-0.05, 0) is 33.6 Å². The fraction of sp³-hybridized carbons (Fsp3) is 0.909. The third-order valence-electron chi connectivity index (χ3n) is 2.76. The maximum absolute atomic E-state index is 11.8. The van der Waals surface area contributed by atoms with Crippen molar-refractivity contribution in [2.24, 2.45) is 5.92 Å². The molecule has 0 aromatic carbocycles. The highest BCUT2D eigenvalue weighted by Crippen LogP contribution is 2.26. The van der Waals surface area contributed by atoms with Crippen molar-refractivity contribution in [3.63, 3.8) is 0 Å². The third-order valence-corrected chi connectivity index (χ3v) is 2.76. The van der Waals surface area contributed by atoms with Gasteiger partial charge in [0, 0.05) is 5.54 Å². The maximum atomic E-state index is 11.8. The van der Waals surface area contributed by atoms with Crippen LogP contribution in [0.15, 0.2) is 0 Å². The first-order valence-electron chi connectivity index (χ1n) is 5.58. The molecule has 1 rings (SSSR count). The number of rotatable bonds is 1. The quantitative estimate of drug-likeness (QED) is 0.485. The predicted molar refractivity (Wildman–Crippen MR) is 58.6 cm³/mol. The van der Waals surface area contributed by atoms with Crippen molar-refractivity contribution >= 4 is 5.91 Å². The Morgan fingerprint density at radius 2 is 1.69 bits per heavy atom. The van der Waals surface area contributed by atoms with Crippen molar-refractivity contribution in [3.05, 3.63) is 0 Å². The van der Waals surface area contributed by atoms with E-state index in [-0.39, 0.29) is 11.4 Å². The van der Waals surface area contributed by atoms with Gasteiger partial charge in [0.05, 0.1) is 18.1 Å². The summed E-state index contributed by atoms with van der Waals surface area (Å²) in [5.41, 5.74) is -0.363. The second-order valence-corrected chi connectivity index (χ2v) is 5.47. The predicted octanol–water partition coefficient (Wildman–Crippen LogP) is -0.606. The summed E-state index contributed by atoms with van der Waals surface area (Å²) in [6, 6.07) is 0. The number of aliphatic hydroxyl groups excluding tert-OH is 3. The van der Waals surface area contributed by atoms with Crippen molar-refractivity contribution in [1.29, 1.82) is 0 Å². The van der Waals surface area contributed by atoms with E-state index in [1.807, 2.05) is 20.8 Å². The minimum absolute atomic E-state index is 0.272. The number of carbonyl (C=O) groups excluding carboxylic acids is 1. The topological polar surface area (TPSA) is 89.8 Å². The minimum Gasteiger partial charge on any atom is -0.390 e. The molecule has 16 heavy (non-hydrogen) atoms. The second kappa shape index (κ2) is 4.69. The molecular weight excluding hydrogens is 210 g/mol. The summed E-state index contributed by atoms with van der Waals surface area (Å²) >= 11 is 0. The zero-order valence-corrected chi connectivity index (χ0v) is 9.97. The lowest BCUT2D eigenvalue weighted by Crippen LogP contribution is -2.54. The normalized spacial score (nSPS) is 35.9. The van der Waals surface area contributed by atoms with Crippen LogP contribution in [0, 0.1) is 5.92 Å². The summed E-state index contributed by atoms with van der Waals surface area (Å²) in [5.74, 6) is -0.913. The van der Waals surface area contributed by atoms with Gasteiger partial charge in [-0.15, -0.1) is 0 Å². The second-order valence-electron chi connectivity index (χ2n) is 5.47. The SMILES string of the molecule is CC(C)(C)NC(=O)[C@H]1CC[C@H](O)[C@@H](O)[C@@H]1O. The average molecular weight is 231 g/mol. The molecule has 1 aliphatic carbocycles. The first-order chi connectivity index (χ1) is 7.22. The molecule has 0 bridgehead atoms. The molecular formula is C11H21NO4. The highest BCUT2D eigenvalue weighted by molar-refractivity contribution is 5.80. The lowest BCUT2D eigenvalue weighted by Gasteiger charge is -2.35. The summed E-state index contributed by atoms with van der Waals surface area (Å²) in [6.45, 7) is 5.56. The Morgan fingerprint density at radius 3 is 2.19 bits per heavy atom. The molecule has 0 heterocycles. The van der Waals surface area contributed by atoms with E-state index in [9.17, 15) is 20.1 Å². The van der Waals surface area contributed by atoms with Gasteiger partial charge < -0.3 is 20.6 Å². The molecule has 5 nitrogen and oxygen atoms in total. The van der Waals surface area contributed by atoms with E-state index in [1.54, 1.807) is 0 Å². The van der Waals surface area contributed by atoms with Crippen LogP contribution in [0.5, 0.6) is 0 Å². The molecule has 4 atom stereocenters. The summed E-state index contributed by atoms with van der Waals surface area (Å²) in [6.07, 6.45) is -2.63. The van der Waals surface area contributed by atoms with Crippen molar-refractivity contribution < 1.29 is 20.1 Å². The van der Waals surface area contributed by atoms with E-state index in [0.717, 1.165) is 0 Å². The van der Waals surface area contributed by atoms with Gasteiger partial charge in [0.2, 0.25) is 5.91 Å². The molecule has 1 fully saturated rings. The smallest absolute Gasteiger partial charge is 0.226 e. The van der Waals surface area contributed by atoms with Crippen LogP contribution in [-0.2, 0) is 4.79 Å². The summed E-state index contributed by atoms with van der Waals surface area (Å²) in [4.78, 5) is 11.8. The Labute approximate surface area is 95.5 Å². The van der Waals surface area contributed by atoms with Crippen LogP contribution in [0.25, 0.3) is 0 Å². The fourth-order valence-corrected chi connectivity index (χ4v) is 1.91. The summed E-state index contributed by atoms with van der Waals surface area (Å²) < 4.78 is 0. The van der Waals surface area contributed by atoms with Gasteiger partial charge in [-0.3, -0.25) is 4.79 Å². The van der Waals surface area contributed by atoms with Gasteiger partial charge in [-0.25, -0.2) is 0 Å². The van der Waals surface area contributed by atoms with E-state index in [4.69, 9.17) is 0 Å². The fourth-order valence-electron chi connectivity index (χ4n) is 1.91. The Morgan fingerprint density at radius 1 is 1.12 bits per heavy atom. The number of aliphatic hydroxyl groups is 3. The van der Waals surface area contributed by atoms with Crippen molar-refractivity contribution in [2.45, 2.75) is 57.5 Å². The van der Waals surface area contributed by atoms with Crippen LogP contribution < -0.4 is 5.32 Å². The first-order valence-corrected chi connectivity index (χ1v) is 5.58. The van der Waals surface area contributed by atoms with Crippen molar-refractivity contribution in [2.75, 3.05) is 0 Å². The lowest BCUT2D eigenvalue weighted by atomic mass is 9.82. The Bertz CT molecular complexity index is 261. The van der Waals surface area contributed by atoms with E-state index >= 15 is 0 Å². The molecule has 94 valence electrons. The van der Waals surface area contributed by atoms with Gasteiger partial charge in [-0.2, -0.15) is 0 Å². The van der Waals surface area contributed by atoms with Crippen LogP contribution in [0.3, 0.4) is 0 Å². The molecule has 1 aliphatic rings. The molecule has 4 N–H and O–H groups in total. The highest BCUT2D eigenvalue weighted by Gasteiger charge is 2.40. The number of carbonyl (C=O) groups is 1. The van der Waals surface area contributed by atoms with Crippen LogP contribution in [0.2, 0.25) is 0 Å². The highest BCUT2D eigenvalue weighted by atomic mass is 16.4. The zero-order valence-electron chi connectivity index (χ0n) is 9.97. The molecule has 0 aliphatic heterocycles. The van der Waals surface area contributed by atoms with Gasteiger partial charge in [0.25, 0.3) is 0 Å². The maximum Gasteiger partial charge on any atom is 0.226 e. The molecule has 1 saturated carbocycles. The Kier molecular flexibility index (Phi) is 3.93. The monoisotopic (exact) mass is 231 g/mol. The summed E-state index contributed by atoms with van der Waals surface area (Å²) in [7, 11) is 0. The first kappa shape index (κ1) is 13.4. The molecule has 0 radical (unpaired) electrons. The molecule has 0 aromatic rings. The molecule has 0 unspecified atom stereocenters. The van der Waals surface area contributed by atoms with E-state index in [1.165, 1.54) is 0 Å².